The second-order valence-corrected chi connectivity index (χ2v) is 6.42. The molecule has 0 atom stereocenters. The van der Waals surface area contributed by atoms with E-state index in [4.69, 9.17) is 14.9 Å². The summed E-state index contributed by atoms with van der Waals surface area (Å²) in [6, 6.07) is 12.4. The Morgan fingerprint density at radius 3 is 2.74 bits per heavy atom. The summed E-state index contributed by atoms with van der Waals surface area (Å²) in [5.41, 5.74) is 8.75. The van der Waals surface area contributed by atoms with Gasteiger partial charge in [0.1, 0.15) is 17.9 Å². The van der Waals surface area contributed by atoms with Crippen molar-refractivity contribution in [2.75, 3.05) is 18.5 Å². The summed E-state index contributed by atoms with van der Waals surface area (Å²) in [4.78, 5) is 24.0. The molecule has 3 N–H and O–H groups in total. The number of nitrogens with two attached hydrogens (primary N) is 1. The third-order valence-corrected chi connectivity index (χ3v) is 4.22. The van der Waals surface area contributed by atoms with E-state index in [1.807, 2.05) is 44.2 Å². The number of carbonyl (C=O) groups excluding carboxylic acids is 1. The number of nitrogens with one attached hydrogen (secondary N) is 1. The van der Waals surface area contributed by atoms with E-state index in [9.17, 15) is 9.59 Å². The predicted molar refractivity (Wildman–Crippen MR) is 105 cm³/mol. The van der Waals surface area contributed by atoms with Crippen molar-refractivity contribution >= 4 is 22.6 Å². The number of fused-ring (bicyclic) bond motifs is 1. The molecule has 3 aromatic rings. The fourth-order valence-corrected chi connectivity index (χ4v) is 2.90. The molecule has 0 saturated heterocycles. The third kappa shape index (κ3) is 4.54. The molecule has 0 unspecified atom stereocenters. The quantitative estimate of drug-likeness (QED) is 0.654. The van der Waals surface area contributed by atoms with Crippen molar-refractivity contribution in [3.8, 4) is 5.75 Å². The molecule has 3 rings (SSSR count). The summed E-state index contributed by atoms with van der Waals surface area (Å²) in [5, 5.41) is 3.73. The monoisotopic (exact) mass is 366 g/mol. The smallest absolute Gasteiger partial charge is 0.336 e. The second-order valence-electron chi connectivity index (χ2n) is 6.42. The molecule has 2 aromatic carbocycles. The Kier molecular flexibility index (Phi) is 5.57. The van der Waals surface area contributed by atoms with Crippen molar-refractivity contribution in [2.45, 2.75) is 20.3 Å². The highest BCUT2D eigenvalue weighted by atomic mass is 16.5. The number of hydrogen-bond acceptors (Lipinski definition) is 5. The van der Waals surface area contributed by atoms with Crippen molar-refractivity contribution < 1.29 is 13.9 Å². The van der Waals surface area contributed by atoms with Crippen molar-refractivity contribution in [3.05, 3.63) is 69.6 Å². The van der Waals surface area contributed by atoms with Crippen molar-refractivity contribution in [1.29, 1.82) is 0 Å². The van der Waals surface area contributed by atoms with Gasteiger partial charge in [0.25, 0.3) is 0 Å². The van der Waals surface area contributed by atoms with Gasteiger partial charge >= 0.3 is 5.63 Å². The van der Waals surface area contributed by atoms with Crippen LogP contribution in [0.4, 0.5) is 5.69 Å². The molecule has 0 saturated carbocycles. The van der Waals surface area contributed by atoms with Crippen LogP contribution in [0.2, 0.25) is 0 Å². The lowest BCUT2D eigenvalue weighted by atomic mass is 10.1. The summed E-state index contributed by atoms with van der Waals surface area (Å²) < 4.78 is 10.7. The van der Waals surface area contributed by atoms with Gasteiger partial charge in [0.2, 0.25) is 5.91 Å². The Morgan fingerprint density at radius 1 is 1.15 bits per heavy atom. The number of aryl methyl sites for hydroxylation is 2. The molecule has 1 amide bonds. The number of ether oxygens (including phenoxy) is 1. The highest BCUT2D eigenvalue weighted by Crippen LogP contribution is 2.25. The standard InChI is InChI=1S/C21H22N2O4/c1-13-9-21(25)27-19-8-14(2)18(12-17(13)19)23-20(24)11-15-4-3-5-16(10-15)26-7-6-22/h3-5,8-10,12H,6-7,11,22H2,1-2H3,(H,23,24). The van der Waals surface area contributed by atoms with E-state index in [2.05, 4.69) is 5.32 Å². The highest BCUT2D eigenvalue weighted by Gasteiger charge is 2.11. The van der Waals surface area contributed by atoms with Crippen LogP contribution in [-0.4, -0.2) is 19.1 Å². The largest absolute Gasteiger partial charge is 0.492 e. The van der Waals surface area contributed by atoms with Crippen molar-refractivity contribution in [1.82, 2.24) is 0 Å². The molecule has 6 nitrogen and oxygen atoms in total. The molecular weight excluding hydrogens is 344 g/mol. The molecule has 1 aromatic heterocycles. The van der Waals surface area contributed by atoms with Crippen LogP contribution in [-0.2, 0) is 11.2 Å². The van der Waals surface area contributed by atoms with Gasteiger partial charge < -0.3 is 20.2 Å². The second kappa shape index (κ2) is 8.05. The Labute approximate surface area is 156 Å². The number of carbonyl (C=O) groups is 1. The first-order chi connectivity index (χ1) is 13.0. The molecule has 0 aliphatic rings. The average molecular weight is 366 g/mol. The fraction of sp³-hybridized carbons (Fsp3) is 0.238. The van der Waals surface area contributed by atoms with E-state index in [1.54, 1.807) is 6.07 Å². The van der Waals surface area contributed by atoms with Crippen LogP contribution >= 0.6 is 0 Å². The van der Waals surface area contributed by atoms with Crippen LogP contribution in [0.15, 0.2) is 51.7 Å². The van der Waals surface area contributed by atoms with Gasteiger partial charge in [0.05, 0.1) is 6.42 Å². The Hall–Kier alpha value is -3.12. The lowest BCUT2D eigenvalue weighted by Crippen LogP contribution is -2.15. The first kappa shape index (κ1) is 18.7. The molecule has 0 aliphatic carbocycles. The first-order valence-electron chi connectivity index (χ1n) is 8.73. The minimum atomic E-state index is -0.382. The van der Waals surface area contributed by atoms with E-state index in [0.29, 0.717) is 30.2 Å². The molecular formula is C21H22N2O4. The summed E-state index contributed by atoms with van der Waals surface area (Å²) in [6.45, 7) is 4.57. The van der Waals surface area contributed by atoms with Gasteiger partial charge in [-0.25, -0.2) is 4.79 Å². The summed E-state index contributed by atoms with van der Waals surface area (Å²) in [6.07, 6.45) is 0.222. The molecule has 27 heavy (non-hydrogen) atoms. The number of amides is 1. The van der Waals surface area contributed by atoms with E-state index in [1.165, 1.54) is 6.07 Å². The van der Waals surface area contributed by atoms with E-state index < -0.39 is 0 Å². The van der Waals surface area contributed by atoms with Gasteiger partial charge in [-0.15, -0.1) is 0 Å². The van der Waals surface area contributed by atoms with Gasteiger partial charge in [-0.2, -0.15) is 0 Å². The van der Waals surface area contributed by atoms with Crippen molar-refractivity contribution in [2.24, 2.45) is 5.73 Å². The van der Waals surface area contributed by atoms with Crippen LogP contribution < -0.4 is 21.4 Å². The first-order valence-corrected chi connectivity index (χ1v) is 8.73. The predicted octanol–water partition coefficient (Wildman–Crippen LogP) is 2.93. The molecule has 6 heteroatoms. The van der Waals surface area contributed by atoms with E-state index >= 15 is 0 Å². The van der Waals surface area contributed by atoms with Crippen molar-refractivity contribution in [3.63, 3.8) is 0 Å². The van der Waals surface area contributed by atoms with Crippen LogP contribution in [0, 0.1) is 13.8 Å². The zero-order chi connectivity index (χ0) is 19.4. The minimum Gasteiger partial charge on any atom is -0.492 e. The van der Waals surface area contributed by atoms with Gasteiger partial charge in [-0.1, -0.05) is 12.1 Å². The fourth-order valence-electron chi connectivity index (χ4n) is 2.90. The van der Waals surface area contributed by atoms with Crippen LogP contribution in [0.25, 0.3) is 11.0 Å². The van der Waals surface area contributed by atoms with Gasteiger partial charge in [0, 0.05) is 23.7 Å². The average Bonchev–Trinajstić information content (AvgIpc) is 2.61. The maximum Gasteiger partial charge on any atom is 0.336 e. The molecule has 0 spiro atoms. The number of hydrogen-bond donors (Lipinski definition) is 2. The molecule has 0 fully saturated rings. The molecule has 0 aliphatic heterocycles. The minimum absolute atomic E-state index is 0.136. The topological polar surface area (TPSA) is 94.6 Å². The van der Waals surface area contributed by atoms with E-state index in [0.717, 1.165) is 22.1 Å². The maximum atomic E-state index is 12.5. The third-order valence-electron chi connectivity index (χ3n) is 4.22. The normalized spacial score (nSPS) is 10.8. The Morgan fingerprint density at radius 2 is 1.96 bits per heavy atom. The number of rotatable bonds is 6. The summed E-state index contributed by atoms with van der Waals surface area (Å²) in [7, 11) is 0. The molecule has 1 heterocycles. The number of anilines is 1. The van der Waals surface area contributed by atoms with Crippen LogP contribution in [0.1, 0.15) is 16.7 Å². The molecule has 0 radical (unpaired) electrons. The van der Waals surface area contributed by atoms with Crippen LogP contribution in [0.5, 0.6) is 5.75 Å². The van der Waals surface area contributed by atoms with Gasteiger partial charge in [-0.3, -0.25) is 4.79 Å². The van der Waals surface area contributed by atoms with E-state index in [-0.39, 0.29) is 18.0 Å². The summed E-state index contributed by atoms with van der Waals surface area (Å²) in [5.74, 6) is 0.557. The Balaban J connectivity index is 1.78. The maximum absolute atomic E-state index is 12.5. The summed E-state index contributed by atoms with van der Waals surface area (Å²) >= 11 is 0. The lowest BCUT2D eigenvalue weighted by Gasteiger charge is -2.11. The lowest BCUT2D eigenvalue weighted by molar-refractivity contribution is -0.115. The number of benzene rings is 2. The Bertz CT molecular complexity index is 1040. The highest BCUT2D eigenvalue weighted by molar-refractivity contribution is 5.96. The SMILES string of the molecule is Cc1cc2oc(=O)cc(C)c2cc1NC(=O)Cc1cccc(OCCN)c1. The molecule has 0 bridgehead atoms. The van der Waals surface area contributed by atoms with Gasteiger partial charge in [0.15, 0.2) is 0 Å². The van der Waals surface area contributed by atoms with Crippen LogP contribution in [0.3, 0.4) is 0 Å². The molecule has 140 valence electrons. The zero-order valence-corrected chi connectivity index (χ0v) is 15.4. The van der Waals surface area contributed by atoms with Gasteiger partial charge in [-0.05, 0) is 54.8 Å². The zero-order valence-electron chi connectivity index (χ0n) is 15.4.